The highest BCUT2D eigenvalue weighted by Gasteiger charge is 2.38. The molecule has 2 rings (SSSR count). The van der Waals surface area contributed by atoms with E-state index in [1.807, 2.05) is 24.3 Å². The van der Waals surface area contributed by atoms with Gasteiger partial charge in [-0.2, -0.15) is 0 Å². The Balaban J connectivity index is 2.45. The number of amides is 2. The minimum absolute atomic E-state index is 0.0444. The Morgan fingerprint density at radius 2 is 2.12 bits per heavy atom. The summed E-state index contributed by atoms with van der Waals surface area (Å²) in [5.41, 5.74) is 7.44. The van der Waals surface area contributed by atoms with Gasteiger partial charge in [0, 0.05) is 24.8 Å². The molecular weight excluding hydrogens is 202 g/mol. The number of carbonyl (C=O) groups is 1. The van der Waals surface area contributed by atoms with Crippen LogP contribution in [-0.2, 0) is 5.54 Å². The fourth-order valence-corrected chi connectivity index (χ4v) is 2.23. The first-order valence-electron chi connectivity index (χ1n) is 5.42. The molecule has 1 atom stereocenters. The van der Waals surface area contributed by atoms with E-state index in [2.05, 4.69) is 12.2 Å². The molecule has 0 saturated carbocycles. The first-order chi connectivity index (χ1) is 7.55. The summed E-state index contributed by atoms with van der Waals surface area (Å²) in [4.78, 5) is 13.4. The number of benzene rings is 1. The van der Waals surface area contributed by atoms with Crippen molar-refractivity contribution in [3.05, 3.63) is 29.8 Å². The van der Waals surface area contributed by atoms with Crippen LogP contribution in [0.15, 0.2) is 24.3 Å². The maximum Gasteiger partial charge on any atom is 0.317 e. The second kappa shape index (κ2) is 3.70. The topological polar surface area (TPSA) is 58.4 Å². The minimum atomic E-state index is -0.312. The van der Waals surface area contributed by atoms with Gasteiger partial charge in [0.15, 0.2) is 0 Å². The number of hydrogen-bond donors (Lipinski definition) is 2. The lowest BCUT2D eigenvalue weighted by molar-refractivity contribution is 0.118. The predicted molar refractivity (Wildman–Crippen MR) is 64.0 cm³/mol. The molecule has 2 amide bonds. The van der Waals surface area contributed by atoms with E-state index in [4.69, 9.17) is 5.73 Å². The zero-order chi connectivity index (χ0) is 11.8. The smallest absolute Gasteiger partial charge is 0.317 e. The summed E-state index contributed by atoms with van der Waals surface area (Å²) in [7, 11) is 1.81. The third kappa shape index (κ3) is 1.50. The standard InChI is InChI=1S/C12H17N3O/c1-12(7-8-14-11(16)15(12)2)9-5-3-4-6-10(9)13/h3-6H,7-8,13H2,1-2H3,(H,14,16). The van der Waals surface area contributed by atoms with Gasteiger partial charge in [-0.05, 0) is 19.4 Å². The van der Waals surface area contributed by atoms with Crippen LogP contribution in [0.2, 0.25) is 0 Å². The molecule has 1 heterocycles. The molecule has 0 aliphatic carbocycles. The zero-order valence-corrected chi connectivity index (χ0v) is 9.66. The number of nitrogens with zero attached hydrogens (tertiary/aromatic N) is 1. The second-order valence-corrected chi connectivity index (χ2v) is 4.40. The number of nitrogens with two attached hydrogens (primary N) is 1. The van der Waals surface area contributed by atoms with Crippen molar-refractivity contribution in [3.8, 4) is 0 Å². The molecule has 0 aromatic heterocycles. The summed E-state index contributed by atoms with van der Waals surface area (Å²) < 4.78 is 0. The van der Waals surface area contributed by atoms with Crippen molar-refractivity contribution >= 4 is 11.7 Å². The molecule has 1 unspecified atom stereocenters. The Hall–Kier alpha value is -1.71. The lowest BCUT2D eigenvalue weighted by Gasteiger charge is -2.43. The molecule has 0 spiro atoms. The fourth-order valence-electron chi connectivity index (χ4n) is 2.23. The first-order valence-corrected chi connectivity index (χ1v) is 5.42. The highest BCUT2D eigenvalue weighted by atomic mass is 16.2. The highest BCUT2D eigenvalue weighted by molar-refractivity contribution is 5.76. The lowest BCUT2D eigenvalue weighted by Crippen LogP contribution is -2.55. The predicted octanol–water partition coefficient (Wildman–Crippen LogP) is 1.53. The van der Waals surface area contributed by atoms with Gasteiger partial charge >= 0.3 is 6.03 Å². The fraction of sp³-hybridized carbons (Fsp3) is 0.417. The van der Waals surface area contributed by atoms with Crippen LogP contribution in [0, 0.1) is 0 Å². The van der Waals surface area contributed by atoms with Gasteiger partial charge in [-0.15, -0.1) is 0 Å². The van der Waals surface area contributed by atoms with Gasteiger partial charge in [0.2, 0.25) is 0 Å². The molecule has 0 radical (unpaired) electrons. The monoisotopic (exact) mass is 219 g/mol. The van der Waals surface area contributed by atoms with E-state index in [0.29, 0.717) is 6.54 Å². The Kier molecular flexibility index (Phi) is 2.50. The van der Waals surface area contributed by atoms with Crippen LogP contribution in [-0.4, -0.2) is 24.5 Å². The molecule has 4 nitrogen and oxygen atoms in total. The highest BCUT2D eigenvalue weighted by Crippen LogP contribution is 2.35. The lowest BCUT2D eigenvalue weighted by atomic mass is 9.85. The van der Waals surface area contributed by atoms with Gasteiger partial charge in [-0.25, -0.2) is 4.79 Å². The number of carbonyl (C=O) groups excluding carboxylic acids is 1. The Labute approximate surface area is 95.4 Å². The van der Waals surface area contributed by atoms with Gasteiger partial charge in [-0.1, -0.05) is 18.2 Å². The molecule has 1 aliphatic rings. The number of rotatable bonds is 1. The maximum atomic E-state index is 11.7. The zero-order valence-electron chi connectivity index (χ0n) is 9.66. The number of nitrogens with one attached hydrogen (secondary N) is 1. The SMILES string of the molecule is CN1C(=O)NCCC1(C)c1ccccc1N. The molecular formula is C12H17N3O. The van der Waals surface area contributed by atoms with Crippen molar-refractivity contribution < 1.29 is 4.79 Å². The third-order valence-electron chi connectivity index (χ3n) is 3.47. The van der Waals surface area contributed by atoms with E-state index in [0.717, 1.165) is 17.7 Å². The molecule has 1 saturated heterocycles. The maximum absolute atomic E-state index is 11.7. The summed E-state index contributed by atoms with van der Waals surface area (Å²) in [5.74, 6) is 0. The summed E-state index contributed by atoms with van der Waals surface area (Å²) >= 11 is 0. The van der Waals surface area contributed by atoms with Crippen molar-refractivity contribution in [2.75, 3.05) is 19.3 Å². The van der Waals surface area contributed by atoms with Gasteiger partial charge in [-0.3, -0.25) is 0 Å². The van der Waals surface area contributed by atoms with Gasteiger partial charge in [0.05, 0.1) is 5.54 Å². The average molecular weight is 219 g/mol. The summed E-state index contributed by atoms with van der Waals surface area (Å²) in [6.07, 6.45) is 0.865. The van der Waals surface area contributed by atoms with E-state index in [1.165, 1.54) is 0 Å². The van der Waals surface area contributed by atoms with E-state index in [-0.39, 0.29) is 11.6 Å². The van der Waals surface area contributed by atoms with Crippen LogP contribution in [0.5, 0.6) is 0 Å². The molecule has 3 N–H and O–H groups in total. The Bertz CT molecular complexity index is 418. The molecule has 1 aromatic carbocycles. The van der Waals surface area contributed by atoms with Crippen LogP contribution in [0.1, 0.15) is 18.9 Å². The number of para-hydroxylation sites is 1. The van der Waals surface area contributed by atoms with Gasteiger partial charge in [0.1, 0.15) is 0 Å². The second-order valence-electron chi connectivity index (χ2n) is 4.40. The van der Waals surface area contributed by atoms with Crippen molar-refractivity contribution in [1.82, 2.24) is 10.2 Å². The minimum Gasteiger partial charge on any atom is -0.398 e. The largest absolute Gasteiger partial charge is 0.398 e. The molecule has 4 heteroatoms. The summed E-state index contributed by atoms with van der Waals surface area (Å²) in [6, 6.07) is 7.69. The number of hydrogen-bond acceptors (Lipinski definition) is 2. The van der Waals surface area contributed by atoms with Crippen molar-refractivity contribution in [2.45, 2.75) is 18.9 Å². The molecule has 86 valence electrons. The summed E-state index contributed by atoms with van der Waals surface area (Å²) in [5, 5.41) is 2.82. The number of anilines is 1. The van der Waals surface area contributed by atoms with E-state index >= 15 is 0 Å². The van der Waals surface area contributed by atoms with Crippen molar-refractivity contribution in [2.24, 2.45) is 0 Å². The van der Waals surface area contributed by atoms with Crippen LogP contribution in [0.3, 0.4) is 0 Å². The van der Waals surface area contributed by atoms with Crippen molar-refractivity contribution in [1.29, 1.82) is 0 Å². The normalized spacial score (nSPS) is 25.4. The first kappa shape index (κ1) is 10.8. The Morgan fingerprint density at radius 1 is 1.44 bits per heavy atom. The quantitative estimate of drug-likeness (QED) is 0.704. The van der Waals surface area contributed by atoms with E-state index < -0.39 is 0 Å². The molecule has 1 fully saturated rings. The number of nitrogen functional groups attached to an aromatic ring is 1. The van der Waals surface area contributed by atoms with Crippen LogP contribution < -0.4 is 11.1 Å². The average Bonchev–Trinajstić information content (AvgIpc) is 2.26. The molecule has 16 heavy (non-hydrogen) atoms. The van der Waals surface area contributed by atoms with Gasteiger partial charge < -0.3 is 16.0 Å². The van der Waals surface area contributed by atoms with Gasteiger partial charge in [0.25, 0.3) is 0 Å². The molecule has 1 aliphatic heterocycles. The van der Waals surface area contributed by atoms with Crippen molar-refractivity contribution in [3.63, 3.8) is 0 Å². The molecule has 1 aromatic rings. The Morgan fingerprint density at radius 3 is 2.81 bits per heavy atom. The van der Waals surface area contributed by atoms with E-state index in [1.54, 1.807) is 11.9 Å². The van der Waals surface area contributed by atoms with E-state index in [9.17, 15) is 4.79 Å². The third-order valence-corrected chi connectivity index (χ3v) is 3.47. The number of urea groups is 1. The van der Waals surface area contributed by atoms with Crippen LogP contribution in [0.25, 0.3) is 0 Å². The summed E-state index contributed by atoms with van der Waals surface area (Å²) in [6.45, 7) is 2.74. The van der Waals surface area contributed by atoms with Crippen LogP contribution in [0.4, 0.5) is 10.5 Å². The van der Waals surface area contributed by atoms with Crippen LogP contribution >= 0.6 is 0 Å². The molecule has 0 bridgehead atoms.